The van der Waals surface area contributed by atoms with Gasteiger partial charge in [-0.3, -0.25) is 4.98 Å². The second kappa shape index (κ2) is 6.96. The van der Waals surface area contributed by atoms with Gasteiger partial charge in [-0.05, 0) is 56.1 Å². The molecule has 1 N–H and O–H groups in total. The van der Waals surface area contributed by atoms with E-state index in [0.29, 0.717) is 18.4 Å². The van der Waals surface area contributed by atoms with Gasteiger partial charge in [0.05, 0.1) is 5.52 Å². The fourth-order valence-corrected chi connectivity index (χ4v) is 4.08. The molecule has 0 radical (unpaired) electrons. The first-order valence-corrected chi connectivity index (χ1v) is 9.23. The van der Waals surface area contributed by atoms with Gasteiger partial charge in [-0.25, -0.2) is 4.98 Å². The standard InChI is InChI=1S/C21H25N3O/c1-15-4-9-19(18-3-2-10-22-20(15)18)21-23-11-12-24(21)13-16-5-7-17(14-25)8-6-16/h2-4,9-12,16-17,25H,5-8,13-14H2,1H3. The Kier molecular flexibility index (Phi) is 4.53. The Morgan fingerprint density at radius 3 is 2.64 bits per heavy atom. The molecule has 0 atom stereocenters. The number of rotatable bonds is 4. The highest BCUT2D eigenvalue weighted by molar-refractivity contribution is 5.94. The molecule has 0 aliphatic heterocycles. The first kappa shape index (κ1) is 16.3. The number of aryl methyl sites for hydroxylation is 1. The van der Waals surface area contributed by atoms with Crippen molar-refractivity contribution in [2.45, 2.75) is 39.2 Å². The van der Waals surface area contributed by atoms with E-state index in [0.717, 1.165) is 36.3 Å². The van der Waals surface area contributed by atoms with Crippen LogP contribution in [0.15, 0.2) is 42.9 Å². The van der Waals surface area contributed by atoms with Crippen molar-refractivity contribution in [2.24, 2.45) is 11.8 Å². The van der Waals surface area contributed by atoms with Crippen LogP contribution in [0.25, 0.3) is 22.3 Å². The van der Waals surface area contributed by atoms with Gasteiger partial charge >= 0.3 is 0 Å². The topological polar surface area (TPSA) is 50.9 Å². The summed E-state index contributed by atoms with van der Waals surface area (Å²) in [4.78, 5) is 9.21. The molecule has 4 nitrogen and oxygen atoms in total. The van der Waals surface area contributed by atoms with Crippen LogP contribution in [-0.2, 0) is 6.54 Å². The lowest BCUT2D eigenvalue weighted by Crippen LogP contribution is -2.21. The molecule has 1 aliphatic rings. The van der Waals surface area contributed by atoms with E-state index in [1.165, 1.54) is 23.8 Å². The summed E-state index contributed by atoms with van der Waals surface area (Å²) in [5.41, 5.74) is 3.40. The lowest BCUT2D eigenvalue weighted by Gasteiger charge is -2.28. The molecule has 1 saturated carbocycles. The van der Waals surface area contributed by atoms with E-state index in [-0.39, 0.29) is 0 Å². The number of aliphatic hydroxyl groups excluding tert-OH is 1. The third-order valence-electron chi connectivity index (χ3n) is 5.61. The molecule has 1 fully saturated rings. The van der Waals surface area contributed by atoms with Crippen molar-refractivity contribution in [3.8, 4) is 11.4 Å². The van der Waals surface area contributed by atoms with Gasteiger partial charge in [0.2, 0.25) is 0 Å². The minimum atomic E-state index is 0.339. The van der Waals surface area contributed by atoms with Crippen LogP contribution in [0.4, 0.5) is 0 Å². The molecule has 0 spiro atoms. The number of nitrogens with zero attached hydrogens (tertiary/aromatic N) is 3. The normalized spacial score (nSPS) is 20.9. The van der Waals surface area contributed by atoms with Crippen LogP contribution in [0.1, 0.15) is 31.2 Å². The Hall–Kier alpha value is -2.20. The Labute approximate surface area is 148 Å². The van der Waals surface area contributed by atoms with E-state index >= 15 is 0 Å². The van der Waals surface area contributed by atoms with Crippen LogP contribution >= 0.6 is 0 Å². The van der Waals surface area contributed by atoms with E-state index in [2.05, 4.69) is 45.9 Å². The third kappa shape index (κ3) is 3.19. The summed E-state index contributed by atoms with van der Waals surface area (Å²) in [7, 11) is 0. The van der Waals surface area contributed by atoms with Gasteiger partial charge in [-0.1, -0.05) is 18.2 Å². The fraction of sp³-hybridized carbons (Fsp3) is 0.429. The van der Waals surface area contributed by atoms with Crippen molar-refractivity contribution in [1.82, 2.24) is 14.5 Å². The first-order valence-electron chi connectivity index (χ1n) is 9.23. The van der Waals surface area contributed by atoms with Gasteiger partial charge in [-0.15, -0.1) is 0 Å². The molecular formula is C21H25N3O. The average molecular weight is 335 g/mol. The molecule has 4 rings (SSSR count). The molecule has 0 bridgehead atoms. The molecule has 1 aromatic carbocycles. The number of hydrogen-bond donors (Lipinski definition) is 1. The third-order valence-corrected chi connectivity index (χ3v) is 5.61. The van der Waals surface area contributed by atoms with Crippen LogP contribution in [0, 0.1) is 18.8 Å². The van der Waals surface area contributed by atoms with Crippen molar-refractivity contribution in [3.05, 3.63) is 48.4 Å². The van der Waals surface area contributed by atoms with E-state index in [9.17, 15) is 5.11 Å². The zero-order chi connectivity index (χ0) is 17.2. The Morgan fingerprint density at radius 2 is 1.84 bits per heavy atom. The smallest absolute Gasteiger partial charge is 0.140 e. The van der Waals surface area contributed by atoms with E-state index in [1.807, 2.05) is 18.5 Å². The largest absolute Gasteiger partial charge is 0.396 e. The number of pyridine rings is 1. The predicted octanol–water partition coefficient (Wildman–Crippen LogP) is 4.21. The summed E-state index contributed by atoms with van der Waals surface area (Å²) in [6, 6.07) is 8.43. The zero-order valence-electron chi connectivity index (χ0n) is 14.7. The monoisotopic (exact) mass is 335 g/mol. The second-order valence-electron chi connectivity index (χ2n) is 7.30. The van der Waals surface area contributed by atoms with Gasteiger partial charge in [0.1, 0.15) is 5.82 Å². The van der Waals surface area contributed by atoms with Crippen molar-refractivity contribution < 1.29 is 5.11 Å². The molecule has 2 heterocycles. The van der Waals surface area contributed by atoms with Crippen LogP contribution in [0.5, 0.6) is 0 Å². The highest BCUT2D eigenvalue weighted by atomic mass is 16.3. The molecule has 0 amide bonds. The van der Waals surface area contributed by atoms with Crippen LogP contribution in [-0.4, -0.2) is 26.2 Å². The first-order chi connectivity index (χ1) is 12.3. The van der Waals surface area contributed by atoms with Gasteiger partial charge in [0, 0.05) is 42.7 Å². The van der Waals surface area contributed by atoms with E-state index in [4.69, 9.17) is 0 Å². The SMILES string of the molecule is Cc1ccc(-c2nccn2CC2CCC(CO)CC2)c2cccnc12. The molecule has 3 aromatic rings. The van der Waals surface area contributed by atoms with Crippen molar-refractivity contribution in [1.29, 1.82) is 0 Å². The maximum atomic E-state index is 9.33. The number of hydrogen-bond acceptors (Lipinski definition) is 3. The summed E-state index contributed by atoms with van der Waals surface area (Å²) >= 11 is 0. The molecule has 130 valence electrons. The molecule has 0 unspecified atom stereocenters. The van der Waals surface area contributed by atoms with Crippen LogP contribution in [0.3, 0.4) is 0 Å². The maximum Gasteiger partial charge on any atom is 0.140 e. The van der Waals surface area contributed by atoms with Crippen LogP contribution < -0.4 is 0 Å². The highest BCUT2D eigenvalue weighted by Gasteiger charge is 2.22. The lowest BCUT2D eigenvalue weighted by molar-refractivity contribution is 0.161. The minimum Gasteiger partial charge on any atom is -0.396 e. The van der Waals surface area contributed by atoms with E-state index in [1.54, 1.807) is 0 Å². The zero-order valence-corrected chi connectivity index (χ0v) is 14.7. The Balaban J connectivity index is 1.64. The maximum absolute atomic E-state index is 9.33. The van der Waals surface area contributed by atoms with Crippen LogP contribution in [0.2, 0.25) is 0 Å². The Bertz CT molecular complexity index is 862. The minimum absolute atomic E-state index is 0.339. The second-order valence-corrected chi connectivity index (χ2v) is 7.30. The molecule has 25 heavy (non-hydrogen) atoms. The molecule has 4 heteroatoms. The summed E-state index contributed by atoms with van der Waals surface area (Å²) in [5.74, 6) is 2.21. The number of benzene rings is 1. The highest BCUT2D eigenvalue weighted by Crippen LogP contribution is 2.32. The number of aromatic nitrogens is 3. The number of fused-ring (bicyclic) bond motifs is 1. The molecule has 1 aliphatic carbocycles. The fourth-order valence-electron chi connectivity index (χ4n) is 4.08. The van der Waals surface area contributed by atoms with Crippen molar-refractivity contribution in [3.63, 3.8) is 0 Å². The lowest BCUT2D eigenvalue weighted by atomic mass is 9.82. The summed E-state index contributed by atoms with van der Waals surface area (Å²) in [5, 5.41) is 10.5. The quantitative estimate of drug-likeness (QED) is 0.777. The summed E-state index contributed by atoms with van der Waals surface area (Å²) < 4.78 is 2.29. The van der Waals surface area contributed by atoms with Gasteiger partial charge < -0.3 is 9.67 Å². The van der Waals surface area contributed by atoms with Crippen molar-refractivity contribution in [2.75, 3.05) is 6.61 Å². The Morgan fingerprint density at radius 1 is 1.04 bits per heavy atom. The average Bonchev–Trinajstić information content (AvgIpc) is 3.11. The summed E-state index contributed by atoms with van der Waals surface area (Å²) in [6.45, 7) is 3.44. The van der Waals surface area contributed by atoms with Gasteiger partial charge in [0.15, 0.2) is 0 Å². The van der Waals surface area contributed by atoms with Gasteiger partial charge in [0.25, 0.3) is 0 Å². The molecule has 2 aromatic heterocycles. The number of imidazole rings is 1. The number of aliphatic hydroxyl groups is 1. The molecule has 0 saturated heterocycles. The van der Waals surface area contributed by atoms with E-state index < -0.39 is 0 Å². The predicted molar refractivity (Wildman–Crippen MR) is 100 cm³/mol. The van der Waals surface area contributed by atoms with Gasteiger partial charge in [-0.2, -0.15) is 0 Å². The van der Waals surface area contributed by atoms with Crippen molar-refractivity contribution >= 4 is 10.9 Å². The summed E-state index contributed by atoms with van der Waals surface area (Å²) in [6.07, 6.45) is 10.5. The molecular weight excluding hydrogens is 310 g/mol.